The molecule has 2 rings (SSSR count). The van der Waals surface area contributed by atoms with Gasteiger partial charge in [-0.15, -0.1) is 0 Å². The Kier molecular flexibility index (Phi) is 4.28. The molecule has 1 aliphatic carbocycles. The molecule has 1 saturated carbocycles. The Morgan fingerprint density at radius 3 is 2.56 bits per heavy atom. The third-order valence-electron chi connectivity index (χ3n) is 3.20. The molecule has 1 aliphatic rings. The van der Waals surface area contributed by atoms with E-state index < -0.39 is 13.8 Å². The molecule has 0 saturated heterocycles. The average molecular weight is 285 g/mol. The van der Waals surface area contributed by atoms with Crippen molar-refractivity contribution in [2.24, 2.45) is 0 Å². The maximum absolute atomic E-state index is 12.5. The molecular formula is C13H18O2Se. The Morgan fingerprint density at radius 2 is 1.88 bits per heavy atom. The van der Waals surface area contributed by atoms with E-state index >= 15 is 0 Å². The van der Waals surface area contributed by atoms with Crippen LogP contribution in [-0.4, -0.2) is 27.0 Å². The van der Waals surface area contributed by atoms with Crippen molar-refractivity contribution in [3.63, 3.8) is 0 Å². The second-order valence-electron chi connectivity index (χ2n) is 4.21. The van der Waals surface area contributed by atoms with Crippen LogP contribution in [0.5, 0.6) is 0 Å². The molecule has 1 unspecified atom stereocenters. The van der Waals surface area contributed by atoms with Gasteiger partial charge >= 0.3 is 101 Å². The van der Waals surface area contributed by atoms with Crippen LogP contribution < -0.4 is 4.46 Å². The summed E-state index contributed by atoms with van der Waals surface area (Å²) in [5.41, 5.74) is 0. The van der Waals surface area contributed by atoms with E-state index in [9.17, 15) is 3.83 Å². The van der Waals surface area contributed by atoms with Gasteiger partial charge in [-0.05, 0) is 0 Å². The van der Waals surface area contributed by atoms with Crippen molar-refractivity contribution < 1.29 is 8.57 Å². The average Bonchev–Trinajstić information content (AvgIpc) is 2.39. The molecule has 0 aliphatic heterocycles. The Labute approximate surface area is 101 Å². The molecule has 1 fully saturated rings. The summed E-state index contributed by atoms with van der Waals surface area (Å²) in [5, 5.41) is 0. The summed E-state index contributed by atoms with van der Waals surface area (Å²) in [6.07, 6.45) is 4.73. The van der Waals surface area contributed by atoms with Gasteiger partial charge in [-0.1, -0.05) is 0 Å². The third kappa shape index (κ3) is 2.60. The van der Waals surface area contributed by atoms with Gasteiger partial charge in [-0.25, -0.2) is 0 Å². The zero-order chi connectivity index (χ0) is 11.4. The molecule has 3 atom stereocenters. The van der Waals surface area contributed by atoms with Crippen molar-refractivity contribution in [1.82, 2.24) is 0 Å². The van der Waals surface area contributed by atoms with E-state index in [4.69, 9.17) is 4.74 Å². The number of ether oxygens (including phenoxy) is 1. The van der Waals surface area contributed by atoms with Gasteiger partial charge in [-0.2, -0.15) is 0 Å². The van der Waals surface area contributed by atoms with E-state index in [1.54, 1.807) is 7.11 Å². The number of hydrogen-bond donors (Lipinski definition) is 0. The summed E-state index contributed by atoms with van der Waals surface area (Å²) in [4.78, 5) is 0.265. The van der Waals surface area contributed by atoms with Gasteiger partial charge in [0.05, 0.1) is 0 Å². The van der Waals surface area contributed by atoms with Crippen LogP contribution in [0, 0.1) is 0 Å². The van der Waals surface area contributed by atoms with E-state index in [0.29, 0.717) is 0 Å². The molecule has 0 N–H and O–H groups in total. The fraction of sp³-hybridized carbons (Fsp3) is 0.538. The molecule has 0 amide bonds. The first-order chi connectivity index (χ1) is 7.83. The van der Waals surface area contributed by atoms with Crippen LogP contribution in [0.3, 0.4) is 0 Å². The molecule has 1 aromatic rings. The molecule has 0 bridgehead atoms. The molecule has 0 radical (unpaired) electrons. The third-order valence-corrected chi connectivity index (χ3v) is 7.03. The SMILES string of the molecule is CO[C@@H]1CCCC[C@H]1[Se](=O)c1ccccc1. The number of rotatable bonds is 3. The van der Waals surface area contributed by atoms with Crippen molar-refractivity contribution in [2.75, 3.05) is 7.11 Å². The van der Waals surface area contributed by atoms with Crippen LogP contribution in [0.15, 0.2) is 30.3 Å². The van der Waals surface area contributed by atoms with Gasteiger partial charge in [-0.3, -0.25) is 0 Å². The van der Waals surface area contributed by atoms with Crippen molar-refractivity contribution in [3.05, 3.63) is 30.3 Å². The van der Waals surface area contributed by atoms with E-state index in [-0.39, 0.29) is 10.9 Å². The predicted molar refractivity (Wildman–Crippen MR) is 65.5 cm³/mol. The van der Waals surface area contributed by atoms with Crippen LogP contribution in [0.4, 0.5) is 0 Å². The van der Waals surface area contributed by atoms with Crippen LogP contribution in [0.1, 0.15) is 25.7 Å². The summed E-state index contributed by atoms with van der Waals surface area (Å²) in [6.45, 7) is 0. The quantitative estimate of drug-likeness (QED) is 0.796. The number of hydrogen-bond acceptors (Lipinski definition) is 2. The van der Waals surface area contributed by atoms with Crippen molar-refractivity contribution >= 4 is 18.3 Å². The maximum atomic E-state index is 12.5. The zero-order valence-corrected chi connectivity index (χ0v) is 11.3. The van der Waals surface area contributed by atoms with E-state index in [1.807, 2.05) is 30.3 Å². The second-order valence-corrected chi connectivity index (χ2v) is 7.71. The summed E-state index contributed by atoms with van der Waals surface area (Å²) in [6, 6.07) is 9.87. The summed E-state index contributed by atoms with van der Waals surface area (Å²) < 4.78 is 19.0. The first kappa shape index (κ1) is 12.0. The van der Waals surface area contributed by atoms with E-state index in [1.165, 1.54) is 12.8 Å². The van der Waals surface area contributed by atoms with Gasteiger partial charge in [0.2, 0.25) is 0 Å². The Morgan fingerprint density at radius 1 is 1.19 bits per heavy atom. The molecule has 0 aromatic heterocycles. The first-order valence-corrected chi connectivity index (χ1v) is 8.36. The van der Waals surface area contributed by atoms with E-state index in [2.05, 4.69) is 0 Å². The van der Waals surface area contributed by atoms with E-state index in [0.717, 1.165) is 17.3 Å². The predicted octanol–water partition coefficient (Wildman–Crippen LogP) is 2.27. The van der Waals surface area contributed by atoms with Crippen molar-refractivity contribution in [1.29, 1.82) is 0 Å². The molecule has 0 spiro atoms. The number of methoxy groups -OCH3 is 1. The minimum absolute atomic E-state index is 0.205. The second kappa shape index (κ2) is 5.72. The fourth-order valence-corrected chi connectivity index (χ4v) is 5.83. The molecule has 2 nitrogen and oxygen atoms in total. The molecule has 3 heteroatoms. The first-order valence-electron chi connectivity index (χ1n) is 5.81. The van der Waals surface area contributed by atoms with Gasteiger partial charge in [0.15, 0.2) is 0 Å². The Balaban J connectivity index is 2.14. The van der Waals surface area contributed by atoms with Crippen LogP contribution in [-0.2, 0) is 8.57 Å². The van der Waals surface area contributed by atoms with Gasteiger partial charge in [0.1, 0.15) is 0 Å². The van der Waals surface area contributed by atoms with Gasteiger partial charge < -0.3 is 0 Å². The topological polar surface area (TPSA) is 26.3 Å². The minimum atomic E-state index is -1.95. The molecular weight excluding hydrogens is 267 g/mol. The van der Waals surface area contributed by atoms with Crippen LogP contribution >= 0.6 is 0 Å². The Hall–Kier alpha value is -0.501. The zero-order valence-electron chi connectivity index (χ0n) is 9.59. The normalized spacial score (nSPS) is 27.6. The summed E-state index contributed by atoms with van der Waals surface area (Å²) >= 11 is -1.95. The van der Waals surface area contributed by atoms with Gasteiger partial charge in [0.25, 0.3) is 0 Å². The standard InChI is InChI=1S/C13H18O2Se/c1-15-12-9-5-6-10-13(12)16(14)11-7-3-2-4-8-11/h2-4,7-8,12-13H,5-6,9-10H2,1H3/t12-,13-,16?/m1/s1. The monoisotopic (exact) mass is 286 g/mol. The van der Waals surface area contributed by atoms with Crippen LogP contribution in [0.2, 0.25) is 4.82 Å². The molecule has 88 valence electrons. The molecule has 0 heterocycles. The van der Waals surface area contributed by atoms with Gasteiger partial charge in [0, 0.05) is 0 Å². The summed E-state index contributed by atoms with van der Waals surface area (Å²) in [5.74, 6) is 0. The molecule has 16 heavy (non-hydrogen) atoms. The molecule has 1 aromatic carbocycles. The summed E-state index contributed by atoms with van der Waals surface area (Å²) in [7, 11) is 1.74. The van der Waals surface area contributed by atoms with Crippen LogP contribution in [0.25, 0.3) is 0 Å². The Bertz CT molecular complexity index is 350. The van der Waals surface area contributed by atoms with Crippen molar-refractivity contribution in [2.45, 2.75) is 36.6 Å². The van der Waals surface area contributed by atoms with Crippen molar-refractivity contribution in [3.8, 4) is 0 Å². The fourth-order valence-electron chi connectivity index (χ4n) is 2.31. The number of benzene rings is 1.